The fourth-order valence-electron chi connectivity index (χ4n) is 3.87. The van der Waals surface area contributed by atoms with E-state index in [1.807, 2.05) is 36.4 Å². The van der Waals surface area contributed by atoms with E-state index in [4.69, 9.17) is 19.2 Å². The molecule has 7 nitrogen and oxygen atoms in total. The molecule has 1 amide bonds. The minimum absolute atomic E-state index is 0.260. The molecular formula is C26H27N3O4. The highest BCUT2D eigenvalue weighted by molar-refractivity contribution is 5.95. The van der Waals surface area contributed by atoms with E-state index in [1.54, 1.807) is 12.1 Å². The highest BCUT2D eigenvalue weighted by Crippen LogP contribution is 2.38. The molecule has 1 aromatic heterocycles. The number of hydrogen-bond acceptors (Lipinski definition) is 5. The summed E-state index contributed by atoms with van der Waals surface area (Å²) < 4.78 is 18.2. The molecule has 0 aliphatic carbocycles. The van der Waals surface area contributed by atoms with Gasteiger partial charge in [0.05, 0.1) is 38.9 Å². The van der Waals surface area contributed by atoms with Gasteiger partial charge in [-0.3, -0.25) is 4.79 Å². The molecular weight excluding hydrogens is 418 g/mol. The lowest BCUT2D eigenvalue weighted by Crippen LogP contribution is -2.25. The first kappa shape index (κ1) is 22.2. The molecule has 0 aliphatic rings. The van der Waals surface area contributed by atoms with E-state index in [2.05, 4.69) is 28.9 Å². The van der Waals surface area contributed by atoms with E-state index in [0.29, 0.717) is 29.4 Å². The quantitative estimate of drug-likeness (QED) is 0.437. The Hall–Kier alpha value is -4.00. The lowest BCUT2D eigenvalue weighted by atomic mass is 10.1. The number of imidazole rings is 1. The summed E-state index contributed by atoms with van der Waals surface area (Å²) in [5.74, 6) is 1.81. The zero-order valence-corrected chi connectivity index (χ0v) is 19.2. The minimum atomic E-state index is -0.260. The molecule has 170 valence electrons. The van der Waals surface area contributed by atoms with Crippen LogP contribution in [0.5, 0.6) is 17.2 Å². The van der Waals surface area contributed by atoms with Gasteiger partial charge in [0.15, 0.2) is 11.5 Å². The molecule has 0 saturated heterocycles. The van der Waals surface area contributed by atoms with Gasteiger partial charge in [-0.2, -0.15) is 0 Å². The molecule has 4 aromatic rings. The number of aryl methyl sites for hydroxylation is 1. The zero-order valence-electron chi connectivity index (χ0n) is 19.2. The number of nitrogens with one attached hydrogen (secondary N) is 1. The third-order valence-corrected chi connectivity index (χ3v) is 5.66. The Balaban J connectivity index is 1.62. The first-order valence-corrected chi connectivity index (χ1v) is 10.6. The first-order valence-electron chi connectivity index (χ1n) is 10.6. The van der Waals surface area contributed by atoms with Gasteiger partial charge in [0, 0.05) is 12.1 Å². The molecule has 0 spiro atoms. The Kier molecular flexibility index (Phi) is 6.49. The Morgan fingerprint density at radius 3 is 2.27 bits per heavy atom. The number of methoxy groups -OCH3 is 3. The number of fused-ring (bicyclic) bond motifs is 1. The molecule has 0 bridgehead atoms. The minimum Gasteiger partial charge on any atom is -0.493 e. The maximum atomic E-state index is 13.0. The number of carbonyl (C=O) groups is 1. The van der Waals surface area contributed by atoms with E-state index >= 15 is 0 Å². The highest BCUT2D eigenvalue weighted by atomic mass is 16.5. The van der Waals surface area contributed by atoms with Crippen LogP contribution in [-0.2, 0) is 13.1 Å². The fourth-order valence-corrected chi connectivity index (χ4v) is 3.87. The summed E-state index contributed by atoms with van der Waals surface area (Å²) in [6.07, 6.45) is 0. The van der Waals surface area contributed by atoms with Gasteiger partial charge in [-0.15, -0.1) is 0 Å². The molecule has 0 aliphatic heterocycles. The summed E-state index contributed by atoms with van der Waals surface area (Å²) >= 11 is 0. The topological polar surface area (TPSA) is 74.6 Å². The second-order valence-corrected chi connectivity index (χ2v) is 7.63. The number of amides is 1. The van der Waals surface area contributed by atoms with Crippen molar-refractivity contribution in [2.24, 2.45) is 0 Å². The van der Waals surface area contributed by atoms with Gasteiger partial charge in [-0.25, -0.2) is 4.98 Å². The van der Waals surface area contributed by atoms with E-state index in [-0.39, 0.29) is 12.5 Å². The Morgan fingerprint density at radius 1 is 0.939 bits per heavy atom. The summed E-state index contributed by atoms with van der Waals surface area (Å²) in [6.45, 7) is 3.04. The fraction of sp³-hybridized carbons (Fsp3) is 0.231. The number of nitrogens with zero attached hydrogens (tertiary/aromatic N) is 2. The number of benzene rings is 3. The Bertz CT molecular complexity index is 1270. The normalized spacial score (nSPS) is 10.8. The van der Waals surface area contributed by atoms with Crippen LogP contribution in [0.25, 0.3) is 11.0 Å². The van der Waals surface area contributed by atoms with Crippen LogP contribution < -0.4 is 19.5 Å². The van der Waals surface area contributed by atoms with Crippen molar-refractivity contribution in [1.29, 1.82) is 0 Å². The monoisotopic (exact) mass is 445 g/mol. The summed E-state index contributed by atoms with van der Waals surface area (Å²) in [5, 5.41) is 2.98. The number of hydrogen-bond donors (Lipinski definition) is 1. The van der Waals surface area contributed by atoms with Crippen molar-refractivity contribution < 1.29 is 19.0 Å². The highest BCUT2D eigenvalue weighted by Gasteiger charge is 2.18. The first-order chi connectivity index (χ1) is 16.0. The predicted molar refractivity (Wildman–Crippen MR) is 127 cm³/mol. The number of para-hydroxylation sites is 2. The lowest BCUT2D eigenvalue weighted by Gasteiger charge is -2.15. The molecule has 0 fully saturated rings. The predicted octanol–water partition coefficient (Wildman–Crippen LogP) is 4.35. The third-order valence-electron chi connectivity index (χ3n) is 5.66. The van der Waals surface area contributed by atoms with Crippen molar-refractivity contribution in [2.45, 2.75) is 20.0 Å². The maximum Gasteiger partial charge on any atom is 0.251 e. The van der Waals surface area contributed by atoms with Crippen LogP contribution in [0.4, 0.5) is 0 Å². The van der Waals surface area contributed by atoms with Crippen molar-refractivity contribution in [3.8, 4) is 17.2 Å². The average Bonchev–Trinajstić information content (AvgIpc) is 3.20. The zero-order chi connectivity index (χ0) is 23.4. The Labute approximate surface area is 192 Å². The summed E-state index contributed by atoms with van der Waals surface area (Å²) in [5.41, 5.74) is 4.74. The number of aromatic nitrogens is 2. The number of ether oxygens (including phenoxy) is 3. The number of rotatable bonds is 8. The molecule has 0 atom stereocenters. The second-order valence-electron chi connectivity index (χ2n) is 7.63. The van der Waals surface area contributed by atoms with Gasteiger partial charge < -0.3 is 24.1 Å². The lowest BCUT2D eigenvalue weighted by molar-refractivity contribution is 0.0948. The van der Waals surface area contributed by atoms with E-state index < -0.39 is 0 Å². The van der Waals surface area contributed by atoms with E-state index in [1.165, 1.54) is 32.5 Å². The molecule has 0 saturated carbocycles. The molecule has 7 heteroatoms. The standard InChI is InChI=1S/C26H27N3O4/c1-17-9-5-6-10-18(17)16-29-21-12-8-7-11-20(21)28-24(29)15-27-26(30)19-13-22(31-2)25(33-4)23(14-19)32-3/h5-14H,15-16H2,1-4H3,(H,27,30). The number of carbonyl (C=O) groups excluding carboxylic acids is 1. The molecule has 1 N–H and O–H groups in total. The van der Waals surface area contributed by atoms with Gasteiger partial charge in [0.25, 0.3) is 5.91 Å². The molecule has 1 heterocycles. The SMILES string of the molecule is COc1cc(C(=O)NCc2nc3ccccc3n2Cc2ccccc2C)cc(OC)c1OC. The maximum absolute atomic E-state index is 13.0. The summed E-state index contributed by atoms with van der Waals surface area (Å²) in [7, 11) is 4.57. The van der Waals surface area contributed by atoms with Gasteiger partial charge in [0.2, 0.25) is 5.75 Å². The van der Waals surface area contributed by atoms with Gasteiger partial charge >= 0.3 is 0 Å². The van der Waals surface area contributed by atoms with Crippen molar-refractivity contribution >= 4 is 16.9 Å². The van der Waals surface area contributed by atoms with Crippen LogP contribution in [0.15, 0.2) is 60.7 Å². The van der Waals surface area contributed by atoms with Crippen LogP contribution in [-0.4, -0.2) is 36.8 Å². The summed E-state index contributed by atoms with van der Waals surface area (Å²) in [4.78, 5) is 17.8. The van der Waals surface area contributed by atoms with Crippen molar-refractivity contribution in [2.75, 3.05) is 21.3 Å². The molecule has 0 radical (unpaired) electrons. The molecule has 33 heavy (non-hydrogen) atoms. The smallest absolute Gasteiger partial charge is 0.251 e. The van der Waals surface area contributed by atoms with Gasteiger partial charge in [-0.05, 0) is 42.3 Å². The van der Waals surface area contributed by atoms with E-state index in [9.17, 15) is 4.79 Å². The van der Waals surface area contributed by atoms with Crippen LogP contribution >= 0.6 is 0 Å². The average molecular weight is 446 g/mol. The third kappa shape index (κ3) is 4.48. The van der Waals surface area contributed by atoms with E-state index in [0.717, 1.165) is 16.9 Å². The van der Waals surface area contributed by atoms with Crippen LogP contribution in [0.1, 0.15) is 27.3 Å². The van der Waals surface area contributed by atoms with Crippen LogP contribution in [0.3, 0.4) is 0 Å². The molecule has 3 aromatic carbocycles. The largest absolute Gasteiger partial charge is 0.493 e. The van der Waals surface area contributed by atoms with Crippen molar-refractivity contribution in [1.82, 2.24) is 14.9 Å². The summed E-state index contributed by atoms with van der Waals surface area (Å²) in [6, 6.07) is 19.5. The van der Waals surface area contributed by atoms with Crippen molar-refractivity contribution in [3.63, 3.8) is 0 Å². The van der Waals surface area contributed by atoms with Crippen molar-refractivity contribution in [3.05, 3.63) is 83.2 Å². The second kappa shape index (κ2) is 9.65. The molecule has 4 rings (SSSR count). The molecule has 0 unspecified atom stereocenters. The Morgan fingerprint density at radius 2 is 1.61 bits per heavy atom. The van der Waals surface area contributed by atoms with Crippen LogP contribution in [0, 0.1) is 6.92 Å². The van der Waals surface area contributed by atoms with Gasteiger partial charge in [0.1, 0.15) is 5.82 Å². The van der Waals surface area contributed by atoms with Gasteiger partial charge in [-0.1, -0.05) is 36.4 Å². The van der Waals surface area contributed by atoms with Crippen LogP contribution in [0.2, 0.25) is 0 Å².